The molecule has 0 atom stereocenters. The number of aromatic nitrogens is 2. The Morgan fingerprint density at radius 1 is 1.04 bits per heavy atom. The number of hydrogen-bond donors (Lipinski definition) is 1. The predicted molar refractivity (Wildman–Crippen MR) is 101 cm³/mol. The largest absolute Gasteiger partial charge is 0.369 e. The Morgan fingerprint density at radius 3 is 2.50 bits per heavy atom. The van der Waals surface area contributed by atoms with E-state index >= 15 is 0 Å². The SMILES string of the molecule is Cc1cc(C)cc(-c2nn(-c3ccc(Cl)cc3Cl)c3c2CCN3)c1. The van der Waals surface area contributed by atoms with E-state index in [4.69, 9.17) is 28.3 Å². The molecule has 2 heterocycles. The van der Waals surface area contributed by atoms with Crippen LogP contribution in [0.25, 0.3) is 16.9 Å². The molecule has 1 N–H and O–H groups in total. The maximum atomic E-state index is 6.40. The first-order valence-corrected chi connectivity index (χ1v) is 8.68. The zero-order valence-electron chi connectivity index (χ0n) is 13.5. The minimum atomic E-state index is 0.591. The van der Waals surface area contributed by atoms with Crippen LogP contribution in [0, 0.1) is 13.8 Å². The second-order valence-corrected chi connectivity index (χ2v) is 7.08. The van der Waals surface area contributed by atoms with Crippen LogP contribution < -0.4 is 5.32 Å². The molecule has 1 aromatic heterocycles. The van der Waals surface area contributed by atoms with E-state index in [0.29, 0.717) is 10.0 Å². The van der Waals surface area contributed by atoms with Crippen LogP contribution in [0.2, 0.25) is 10.0 Å². The van der Waals surface area contributed by atoms with Crippen molar-refractivity contribution in [1.82, 2.24) is 9.78 Å². The molecule has 3 nitrogen and oxygen atoms in total. The molecule has 0 aliphatic carbocycles. The van der Waals surface area contributed by atoms with Crippen molar-refractivity contribution in [3.63, 3.8) is 0 Å². The molecule has 3 aromatic rings. The van der Waals surface area contributed by atoms with Gasteiger partial charge in [0.1, 0.15) is 5.82 Å². The van der Waals surface area contributed by atoms with Crippen molar-refractivity contribution in [1.29, 1.82) is 0 Å². The Labute approximate surface area is 151 Å². The van der Waals surface area contributed by atoms with E-state index in [9.17, 15) is 0 Å². The highest BCUT2D eigenvalue weighted by Crippen LogP contribution is 2.37. The second-order valence-electron chi connectivity index (χ2n) is 6.24. The van der Waals surface area contributed by atoms with E-state index in [-0.39, 0.29) is 0 Å². The average Bonchev–Trinajstić information content (AvgIpc) is 3.09. The summed E-state index contributed by atoms with van der Waals surface area (Å²) in [4.78, 5) is 0. The summed E-state index contributed by atoms with van der Waals surface area (Å²) in [5.41, 5.74) is 6.73. The molecule has 1 aliphatic heterocycles. The number of halogens is 2. The van der Waals surface area contributed by atoms with Crippen molar-refractivity contribution in [2.75, 3.05) is 11.9 Å². The van der Waals surface area contributed by atoms with Crippen molar-refractivity contribution >= 4 is 29.0 Å². The van der Waals surface area contributed by atoms with E-state index in [1.807, 2.05) is 16.8 Å². The van der Waals surface area contributed by atoms with Gasteiger partial charge in [-0.2, -0.15) is 5.10 Å². The summed E-state index contributed by atoms with van der Waals surface area (Å²) < 4.78 is 1.90. The van der Waals surface area contributed by atoms with E-state index in [0.717, 1.165) is 35.7 Å². The highest BCUT2D eigenvalue weighted by molar-refractivity contribution is 6.35. The van der Waals surface area contributed by atoms with Gasteiger partial charge in [-0.1, -0.05) is 40.4 Å². The first-order chi connectivity index (χ1) is 11.5. The average molecular weight is 358 g/mol. The maximum absolute atomic E-state index is 6.40. The van der Waals surface area contributed by atoms with E-state index in [1.54, 1.807) is 6.07 Å². The third kappa shape index (κ3) is 2.58. The summed E-state index contributed by atoms with van der Waals surface area (Å²) in [6.07, 6.45) is 0.961. The normalized spacial score (nSPS) is 13.0. The number of rotatable bonds is 2. The lowest BCUT2D eigenvalue weighted by molar-refractivity contribution is 0.882. The molecule has 0 amide bonds. The Morgan fingerprint density at radius 2 is 1.79 bits per heavy atom. The third-order valence-corrected chi connectivity index (χ3v) is 4.82. The minimum Gasteiger partial charge on any atom is -0.369 e. The molecular weight excluding hydrogens is 341 g/mol. The van der Waals surface area contributed by atoms with Gasteiger partial charge in [0.05, 0.1) is 16.4 Å². The van der Waals surface area contributed by atoms with Gasteiger partial charge in [-0.05, 0) is 50.6 Å². The molecule has 4 rings (SSSR count). The summed E-state index contributed by atoms with van der Waals surface area (Å²) in [5, 5.41) is 9.52. The smallest absolute Gasteiger partial charge is 0.133 e. The van der Waals surface area contributed by atoms with Gasteiger partial charge in [0.15, 0.2) is 0 Å². The van der Waals surface area contributed by atoms with Crippen LogP contribution in [-0.2, 0) is 6.42 Å². The van der Waals surface area contributed by atoms with Crippen LogP contribution >= 0.6 is 23.2 Å². The van der Waals surface area contributed by atoms with Crippen molar-refractivity contribution in [2.24, 2.45) is 0 Å². The van der Waals surface area contributed by atoms with Gasteiger partial charge >= 0.3 is 0 Å². The molecule has 2 aromatic carbocycles. The van der Waals surface area contributed by atoms with Crippen molar-refractivity contribution < 1.29 is 0 Å². The second kappa shape index (κ2) is 5.83. The highest BCUT2D eigenvalue weighted by Gasteiger charge is 2.25. The molecule has 0 bridgehead atoms. The number of aryl methyl sites for hydroxylation is 2. The van der Waals surface area contributed by atoms with Gasteiger partial charge in [-0.25, -0.2) is 4.68 Å². The number of anilines is 1. The topological polar surface area (TPSA) is 29.9 Å². The molecule has 0 fully saturated rings. The number of benzene rings is 2. The van der Waals surface area contributed by atoms with E-state index < -0.39 is 0 Å². The Hall–Kier alpha value is -1.97. The number of nitrogens with zero attached hydrogens (tertiary/aromatic N) is 2. The van der Waals surface area contributed by atoms with Crippen LogP contribution in [0.1, 0.15) is 16.7 Å². The molecule has 0 spiro atoms. The minimum absolute atomic E-state index is 0.591. The number of nitrogens with one attached hydrogen (secondary N) is 1. The van der Waals surface area contributed by atoms with E-state index in [1.165, 1.54) is 16.7 Å². The molecule has 122 valence electrons. The van der Waals surface area contributed by atoms with Gasteiger partial charge < -0.3 is 5.32 Å². The van der Waals surface area contributed by atoms with Crippen molar-refractivity contribution in [3.8, 4) is 16.9 Å². The standard InChI is InChI=1S/C19H17Cl2N3/c1-11-7-12(2)9-13(8-11)18-15-5-6-22-19(15)24(23-18)17-4-3-14(20)10-16(17)21/h3-4,7-10,22H,5-6H2,1-2H3. The fourth-order valence-electron chi connectivity index (χ4n) is 3.35. The summed E-state index contributed by atoms with van der Waals surface area (Å²) in [7, 11) is 0. The quantitative estimate of drug-likeness (QED) is 0.662. The monoisotopic (exact) mass is 357 g/mol. The molecule has 1 aliphatic rings. The van der Waals surface area contributed by atoms with Crippen LogP contribution in [0.5, 0.6) is 0 Å². The number of hydrogen-bond acceptors (Lipinski definition) is 2. The Bertz CT molecular complexity index is 924. The van der Waals surface area contributed by atoms with Crippen molar-refractivity contribution in [3.05, 3.63) is 63.1 Å². The Balaban J connectivity index is 1.92. The summed E-state index contributed by atoms with van der Waals surface area (Å²) >= 11 is 12.4. The van der Waals surface area contributed by atoms with Gasteiger partial charge in [0, 0.05) is 22.7 Å². The summed E-state index contributed by atoms with van der Waals surface area (Å²) in [6, 6.07) is 12.0. The molecule has 0 unspecified atom stereocenters. The van der Waals surface area contributed by atoms with Gasteiger partial charge in [0.25, 0.3) is 0 Å². The first-order valence-electron chi connectivity index (χ1n) is 7.93. The lowest BCUT2D eigenvalue weighted by Crippen LogP contribution is -2.04. The van der Waals surface area contributed by atoms with Crippen LogP contribution in [-0.4, -0.2) is 16.3 Å². The lowest BCUT2D eigenvalue weighted by atomic mass is 10.0. The van der Waals surface area contributed by atoms with Crippen LogP contribution in [0.4, 0.5) is 5.82 Å². The van der Waals surface area contributed by atoms with Gasteiger partial charge in [-0.3, -0.25) is 0 Å². The van der Waals surface area contributed by atoms with Gasteiger partial charge in [-0.15, -0.1) is 0 Å². The maximum Gasteiger partial charge on any atom is 0.133 e. The highest BCUT2D eigenvalue weighted by atomic mass is 35.5. The third-order valence-electron chi connectivity index (χ3n) is 4.28. The van der Waals surface area contributed by atoms with Crippen molar-refractivity contribution in [2.45, 2.75) is 20.3 Å². The zero-order valence-corrected chi connectivity index (χ0v) is 15.0. The first kappa shape index (κ1) is 15.6. The van der Waals surface area contributed by atoms with Gasteiger partial charge in [0.2, 0.25) is 0 Å². The molecule has 0 saturated heterocycles. The molecule has 0 radical (unpaired) electrons. The van der Waals surface area contributed by atoms with Crippen LogP contribution in [0.3, 0.4) is 0 Å². The molecule has 5 heteroatoms. The Kier molecular flexibility index (Phi) is 3.78. The van der Waals surface area contributed by atoms with E-state index in [2.05, 4.69) is 37.4 Å². The summed E-state index contributed by atoms with van der Waals surface area (Å²) in [5.74, 6) is 1.02. The fraction of sp³-hybridized carbons (Fsp3) is 0.211. The molecular formula is C19H17Cl2N3. The lowest BCUT2D eigenvalue weighted by Gasteiger charge is -2.08. The molecule has 0 saturated carbocycles. The predicted octanol–water partition coefficient (Wildman–Crippen LogP) is 5.43. The summed E-state index contributed by atoms with van der Waals surface area (Å²) in [6.45, 7) is 5.14. The fourth-order valence-corrected chi connectivity index (χ4v) is 3.83. The zero-order chi connectivity index (χ0) is 16.8. The van der Waals surface area contributed by atoms with Crippen LogP contribution in [0.15, 0.2) is 36.4 Å². The number of fused-ring (bicyclic) bond motifs is 1. The molecule has 24 heavy (non-hydrogen) atoms.